The Balaban J connectivity index is 3.01. The molecule has 0 amide bonds. The summed E-state index contributed by atoms with van der Waals surface area (Å²) in [5.41, 5.74) is 2.17. The fourth-order valence-corrected chi connectivity index (χ4v) is 1.99. The molecule has 74 valence electrons. The van der Waals surface area contributed by atoms with Crippen molar-refractivity contribution >= 4 is 56.4 Å². The van der Waals surface area contributed by atoms with Crippen LogP contribution in [0.25, 0.3) is 0 Å². The van der Waals surface area contributed by atoms with Crippen LogP contribution < -0.4 is 0 Å². The molecular formula is C10H10S4. The highest BCUT2D eigenvalue weighted by Crippen LogP contribution is 2.16. The Bertz CT molecular complexity index is 326. The lowest BCUT2D eigenvalue weighted by atomic mass is 10.2. The standard InChI is InChI=1S/C10H10S4/c1-13-9(11)7-4-3-5-8(6-7)10(12)14-2/h3-6H,1-2H3. The van der Waals surface area contributed by atoms with Gasteiger partial charge in [-0.15, -0.1) is 23.5 Å². The predicted octanol–water partition coefficient (Wildman–Crippen LogP) is 3.76. The van der Waals surface area contributed by atoms with E-state index in [0.717, 1.165) is 19.5 Å². The highest BCUT2D eigenvalue weighted by atomic mass is 32.2. The van der Waals surface area contributed by atoms with Crippen LogP contribution in [0, 0.1) is 0 Å². The van der Waals surface area contributed by atoms with E-state index in [2.05, 4.69) is 6.07 Å². The summed E-state index contributed by atoms with van der Waals surface area (Å²) in [6.07, 6.45) is 3.98. The molecule has 0 saturated heterocycles. The first kappa shape index (κ1) is 12.2. The zero-order chi connectivity index (χ0) is 10.6. The molecule has 0 aromatic heterocycles. The van der Waals surface area contributed by atoms with Crippen LogP contribution in [-0.2, 0) is 0 Å². The number of thioether (sulfide) groups is 2. The van der Waals surface area contributed by atoms with Crippen molar-refractivity contribution in [3.63, 3.8) is 0 Å². The van der Waals surface area contributed by atoms with Gasteiger partial charge < -0.3 is 0 Å². The van der Waals surface area contributed by atoms with Crippen LogP contribution in [-0.4, -0.2) is 20.9 Å². The van der Waals surface area contributed by atoms with Crippen LogP contribution in [0.15, 0.2) is 24.3 Å². The van der Waals surface area contributed by atoms with Gasteiger partial charge >= 0.3 is 0 Å². The molecule has 0 aliphatic heterocycles. The maximum absolute atomic E-state index is 5.22. The average Bonchev–Trinajstić information content (AvgIpc) is 2.27. The van der Waals surface area contributed by atoms with E-state index < -0.39 is 0 Å². The summed E-state index contributed by atoms with van der Waals surface area (Å²) >= 11 is 13.6. The molecule has 0 nitrogen and oxygen atoms in total. The lowest BCUT2D eigenvalue weighted by Crippen LogP contribution is -1.95. The fraction of sp³-hybridized carbons (Fsp3) is 0.200. The number of thiocarbonyl (C=S) groups is 2. The van der Waals surface area contributed by atoms with Gasteiger partial charge in [0.25, 0.3) is 0 Å². The maximum atomic E-state index is 5.22. The van der Waals surface area contributed by atoms with Gasteiger partial charge in [-0.25, -0.2) is 0 Å². The molecule has 0 unspecified atom stereocenters. The van der Waals surface area contributed by atoms with Crippen molar-refractivity contribution in [2.24, 2.45) is 0 Å². The second kappa shape index (κ2) is 5.85. The predicted molar refractivity (Wildman–Crippen MR) is 76.9 cm³/mol. The first-order valence-corrected chi connectivity index (χ1v) is 7.22. The van der Waals surface area contributed by atoms with E-state index in [-0.39, 0.29) is 0 Å². The molecule has 0 aliphatic carbocycles. The van der Waals surface area contributed by atoms with Gasteiger partial charge in [-0.2, -0.15) is 0 Å². The van der Waals surface area contributed by atoms with Gasteiger partial charge in [-0.05, 0) is 29.7 Å². The van der Waals surface area contributed by atoms with Crippen LogP contribution in [0.2, 0.25) is 0 Å². The molecule has 1 aromatic rings. The molecule has 0 fully saturated rings. The summed E-state index contributed by atoms with van der Waals surface area (Å²) in [5, 5.41) is 0. The largest absolute Gasteiger partial charge is 0.117 e. The van der Waals surface area contributed by atoms with Crippen LogP contribution >= 0.6 is 48.0 Å². The van der Waals surface area contributed by atoms with Crippen molar-refractivity contribution < 1.29 is 0 Å². The number of hydrogen-bond acceptors (Lipinski definition) is 4. The Labute approximate surface area is 104 Å². The van der Waals surface area contributed by atoms with Crippen molar-refractivity contribution in [1.29, 1.82) is 0 Å². The van der Waals surface area contributed by atoms with Crippen LogP contribution in [0.4, 0.5) is 0 Å². The van der Waals surface area contributed by atoms with Crippen molar-refractivity contribution in [2.45, 2.75) is 0 Å². The molecule has 1 aromatic carbocycles. The molecule has 0 aliphatic rings. The zero-order valence-corrected chi connectivity index (χ0v) is 11.2. The van der Waals surface area contributed by atoms with Crippen LogP contribution in [0.1, 0.15) is 11.1 Å². The average molecular weight is 258 g/mol. The fourth-order valence-electron chi connectivity index (χ4n) is 1.01. The van der Waals surface area contributed by atoms with Crippen LogP contribution in [0.3, 0.4) is 0 Å². The van der Waals surface area contributed by atoms with E-state index >= 15 is 0 Å². The smallest absolute Gasteiger partial charge is 0.0775 e. The Morgan fingerprint density at radius 3 is 1.79 bits per heavy atom. The quantitative estimate of drug-likeness (QED) is 0.740. The number of benzene rings is 1. The van der Waals surface area contributed by atoms with Crippen molar-refractivity contribution in [3.05, 3.63) is 35.4 Å². The van der Waals surface area contributed by atoms with Gasteiger partial charge in [-0.1, -0.05) is 42.6 Å². The normalized spacial score (nSPS) is 9.86. The highest BCUT2D eigenvalue weighted by molar-refractivity contribution is 8.23. The van der Waals surface area contributed by atoms with E-state index in [9.17, 15) is 0 Å². The topological polar surface area (TPSA) is 0 Å². The minimum Gasteiger partial charge on any atom is -0.117 e. The zero-order valence-electron chi connectivity index (χ0n) is 7.94. The first-order chi connectivity index (χ1) is 6.69. The summed E-state index contributed by atoms with van der Waals surface area (Å²) in [7, 11) is 0. The Hall–Kier alpha value is 0.1000. The molecule has 0 N–H and O–H groups in total. The molecule has 0 atom stereocenters. The molecule has 0 heterocycles. The van der Waals surface area contributed by atoms with Crippen molar-refractivity contribution in [1.82, 2.24) is 0 Å². The summed E-state index contributed by atoms with van der Waals surface area (Å²) < 4.78 is 1.83. The minimum absolute atomic E-state index is 0.913. The molecule has 14 heavy (non-hydrogen) atoms. The molecular weight excluding hydrogens is 248 g/mol. The van der Waals surface area contributed by atoms with Crippen molar-refractivity contribution in [2.75, 3.05) is 12.5 Å². The van der Waals surface area contributed by atoms with Gasteiger partial charge in [0, 0.05) is 0 Å². The van der Waals surface area contributed by atoms with Crippen LogP contribution in [0.5, 0.6) is 0 Å². The van der Waals surface area contributed by atoms with E-state index in [1.54, 1.807) is 23.5 Å². The molecule has 4 heteroatoms. The summed E-state index contributed by atoms with van der Waals surface area (Å²) in [4.78, 5) is 0. The molecule has 0 spiro atoms. The monoisotopic (exact) mass is 258 g/mol. The third-order valence-electron chi connectivity index (χ3n) is 1.70. The summed E-state index contributed by atoms with van der Waals surface area (Å²) in [6.45, 7) is 0. The van der Waals surface area contributed by atoms with Gasteiger partial charge in [0.15, 0.2) is 0 Å². The van der Waals surface area contributed by atoms with E-state index in [1.165, 1.54) is 0 Å². The highest BCUT2D eigenvalue weighted by Gasteiger charge is 2.03. The summed E-state index contributed by atoms with van der Waals surface area (Å²) in [6, 6.07) is 8.09. The molecule has 0 saturated carbocycles. The van der Waals surface area contributed by atoms with E-state index in [4.69, 9.17) is 24.4 Å². The molecule has 0 radical (unpaired) electrons. The lowest BCUT2D eigenvalue weighted by Gasteiger charge is -2.04. The number of rotatable bonds is 2. The third kappa shape index (κ3) is 3.05. The molecule has 0 bridgehead atoms. The minimum atomic E-state index is 0.913. The number of hydrogen-bond donors (Lipinski definition) is 0. The first-order valence-electron chi connectivity index (χ1n) is 3.95. The van der Waals surface area contributed by atoms with Gasteiger partial charge in [0.2, 0.25) is 0 Å². The lowest BCUT2D eigenvalue weighted by molar-refractivity contribution is 1.66. The van der Waals surface area contributed by atoms with Crippen molar-refractivity contribution in [3.8, 4) is 0 Å². The molecule has 1 rings (SSSR count). The SMILES string of the molecule is CSC(=S)c1cccc(C(=S)SC)c1. The third-order valence-corrected chi connectivity index (χ3v) is 4.39. The second-order valence-corrected chi connectivity index (χ2v) is 5.53. The van der Waals surface area contributed by atoms with E-state index in [1.807, 2.05) is 30.7 Å². The Morgan fingerprint density at radius 1 is 1.00 bits per heavy atom. The second-order valence-electron chi connectivity index (χ2n) is 2.56. The van der Waals surface area contributed by atoms with Gasteiger partial charge in [0.05, 0.1) is 8.39 Å². The van der Waals surface area contributed by atoms with Gasteiger partial charge in [-0.3, -0.25) is 0 Å². The Morgan fingerprint density at radius 2 is 1.43 bits per heavy atom. The van der Waals surface area contributed by atoms with E-state index in [0.29, 0.717) is 0 Å². The summed E-state index contributed by atoms with van der Waals surface area (Å²) in [5.74, 6) is 0. The maximum Gasteiger partial charge on any atom is 0.0775 e. The Kier molecular flexibility index (Phi) is 5.09. The van der Waals surface area contributed by atoms with Gasteiger partial charge in [0.1, 0.15) is 0 Å².